The van der Waals surface area contributed by atoms with Crippen molar-refractivity contribution in [2.75, 3.05) is 44.4 Å². The van der Waals surface area contributed by atoms with Gasteiger partial charge in [0.05, 0.1) is 31.0 Å². The zero-order chi connectivity index (χ0) is 23.6. The molecule has 172 valence electrons. The molecule has 0 bridgehead atoms. The normalized spacial score (nSPS) is 12.7. The number of nitrogens with zero attached hydrogens (tertiary/aromatic N) is 3. The number of hydrogen-bond acceptors (Lipinski definition) is 7. The summed E-state index contributed by atoms with van der Waals surface area (Å²) in [6.45, 7) is 5.23. The predicted octanol–water partition coefficient (Wildman–Crippen LogP) is 3.76. The number of halogens is 3. The maximum absolute atomic E-state index is 13.6. The summed E-state index contributed by atoms with van der Waals surface area (Å²) in [5.41, 5.74) is 4.83. The maximum atomic E-state index is 13.6. The number of ether oxygens (including phenoxy) is 1. The molecule has 0 amide bonds. The number of benzene rings is 1. The molecule has 0 radical (unpaired) electrons. The molecule has 0 saturated heterocycles. The second-order valence-electron chi connectivity index (χ2n) is 6.50. The van der Waals surface area contributed by atoms with E-state index < -0.39 is 11.7 Å². The molecule has 4 N–H and O–H groups in total. The van der Waals surface area contributed by atoms with Crippen LogP contribution in [-0.4, -0.2) is 50.9 Å². The largest absolute Gasteiger partial charge is 0.417 e. The number of nitrogens with two attached hydrogens (primary N) is 1. The van der Waals surface area contributed by atoms with Crippen molar-refractivity contribution in [3.63, 3.8) is 0 Å². The second-order valence-corrected chi connectivity index (χ2v) is 7.01. The van der Waals surface area contributed by atoms with Crippen LogP contribution in [0.4, 0.5) is 24.7 Å². The van der Waals surface area contributed by atoms with Crippen LogP contribution in [0.3, 0.4) is 0 Å². The fourth-order valence-corrected chi connectivity index (χ4v) is 2.83. The number of nitrogens with one attached hydrogen (secondary N) is 2. The van der Waals surface area contributed by atoms with Crippen molar-refractivity contribution in [3.8, 4) is 0 Å². The standard InChI is InChI=1S/C21H25F3N6OS/c1-26-6-8-31-9-7-28-20(30-14-4-3-5-15(32)10-14)12-18(27-2)16-13-29-19(25)11-17(16)21(22,23)24/h3-5,10-13,26,32H,2,6-9H2,1H3,(H2,25,29)(H,28,30)/b18-12-. The Bertz CT molecular complexity index is 978. The summed E-state index contributed by atoms with van der Waals surface area (Å²) in [5, 5.41) is 6.03. The summed E-state index contributed by atoms with van der Waals surface area (Å²) in [5.74, 6) is 0.0225. The van der Waals surface area contributed by atoms with Crippen molar-refractivity contribution in [1.82, 2.24) is 10.3 Å². The van der Waals surface area contributed by atoms with Crippen LogP contribution in [0.2, 0.25) is 0 Å². The van der Waals surface area contributed by atoms with Crippen LogP contribution in [0.5, 0.6) is 0 Å². The Hall–Kier alpha value is -2.89. The van der Waals surface area contributed by atoms with Crippen molar-refractivity contribution < 1.29 is 17.9 Å². The quantitative estimate of drug-likeness (QED) is 0.185. The number of aromatic nitrogens is 1. The Morgan fingerprint density at radius 3 is 2.75 bits per heavy atom. The Kier molecular flexibility index (Phi) is 9.69. The van der Waals surface area contributed by atoms with E-state index in [4.69, 9.17) is 10.5 Å². The van der Waals surface area contributed by atoms with Gasteiger partial charge < -0.3 is 21.1 Å². The third kappa shape index (κ3) is 7.98. The molecule has 2 aromatic rings. The first-order chi connectivity index (χ1) is 15.2. The zero-order valence-electron chi connectivity index (χ0n) is 17.5. The van der Waals surface area contributed by atoms with E-state index in [0.717, 1.165) is 12.3 Å². The lowest BCUT2D eigenvalue weighted by Crippen LogP contribution is -2.16. The SMILES string of the molecule is C=N/C(=C\C(=NCCOCCNC)Nc1cccc(S)c1)c1cnc(N)cc1C(F)(F)F. The first kappa shape index (κ1) is 25.4. The van der Waals surface area contributed by atoms with E-state index in [1.54, 1.807) is 24.3 Å². The second kappa shape index (κ2) is 12.2. The number of hydrogen-bond donors (Lipinski definition) is 4. The van der Waals surface area contributed by atoms with Crippen LogP contribution in [0.15, 0.2) is 57.5 Å². The molecule has 0 atom stereocenters. The Labute approximate surface area is 190 Å². The summed E-state index contributed by atoms with van der Waals surface area (Å²) in [6.07, 6.45) is -2.26. The minimum absolute atomic E-state index is 0.0609. The first-order valence-electron chi connectivity index (χ1n) is 9.59. The van der Waals surface area contributed by atoms with Crippen molar-refractivity contribution in [3.05, 3.63) is 53.7 Å². The first-order valence-corrected chi connectivity index (χ1v) is 10.0. The van der Waals surface area contributed by atoms with Crippen molar-refractivity contribution in [2.45, 2.75) is 11.1 Å². The van der Waals surface area contributed by atoms with Gasteiger partial charge in [0.2, 0.25) is 0 Å². The highest BCUT2D eigenvalue weighted by molar-refractivity contribution is 7.80. The molecular formula is C21H25F3N6OS. The molecule has 0 aliphatic carbocycles. The smallest absolute Gasteiger partial charge is 0.384 e. The molecule has 0 spiro atoms. The number of aliphatic imine (C=N–C) groups is 2. The van der Waals surface area contributed by atoms with Gasteiger partial charge in [-0.2, -0.15) is 13.2 Å². The third-order valence-electron chi connectivity index (χ3n) is 4.08. The van der Waals surface area contributed by atoms with E-state index in [1.165, 1.54) is 6.08 Å². The van der Waals surface area contributed by atoms with Crippen LogP contribution < -0.4 is 16.4 Å². The molecule has 7 nitrogen and oxygen atoms in total. The zero-order valence-corrected chi connectivity index (χ0v) is 18.4. The lowest BCUT2D eigenvalue weighted by Gasteiger charge is -2.14. The number of rotatable bonds is 10. The molecule has 1 aromatic carbocycles. The van der Waals surface area contributed by atoms with Gasteiger partial charge >= 0.3 is 6.18 Å². The van der Waals surface area contributed by atoms with E-state index in [-0.39, 0.29) is 29.5 Å². The van der Waals surface area contributed by atoms with Gasteiger partial charge in [0.15, 0.2) is 0 Å². The number of amidine groups is 1. The van der Waals surface area contributed by atoms with Crippen LogP contribution in [0, 0.1) is 0 Å². The monoisotopic (exact) mass is 466 g/mol. The molecule has 11 heteroatoms. The molecule has 0 unspecified atom stereocenters. The molecule has 0 aliphatic heterocycles. The Morgan fingerprint density at radius 2 is 2.09 bits per heavy atom. The average Bonchev–Trinajstić information content (AvgIpc) is 2.73. The fourth-order valence-electron chi connectivity index (χ4n) is 2.61. The molecule has 2 rings (SSSR count). The molecule has 0 saturated carbocycles. The minimum atomic E-state index is -4.65. The maximum Gasteiger partial charge on any atom is 0.417 e. The molecule has 1 aromatic heterocycles. The van der Waals surface area contributed by atoms with Gasteiger partial charge in [0.1, 0.15) is 11.7 Å². The highest BCUT2D eigenvalue weighted by Crippen LogP contribution is 2.35. The van der Waals surface area contributed by atoms with Gasteiger partial charge in [-0.1, -0.05) is 6.07 Å². The number of likely N-dealkylation sites (N-methyl/N-ethyl adjacent to an activating group) is 1. The summed E-state index contributed by atoms with van der Waals surface area (Å²) < 4.78 is 46.1. The predicted molar refractivity (Wildman–Crippen MR) is 126 cm³/mol. The fraction of sp³-hybridized carbons (Fsp3) is 0.286. The summed E-state index contributed by atoms with van der Waals surface area (Å²) in [4.78, 5) is 12.7. The average molecular weight is 467 g/mol. The van der Waals surface area contributed by atoms with Gasteiger partial charge in [0, 0.05) is 35.0 Å². The van der Waals surface area contributed by atoms with Crippen molar-refractivity contribution in [1.29, 1.82) is 0 Å². The molecular weight excluding hydrogens is 441 g/mol. The Morgan fingerprint density at radius 1 is 1.31 bits per heavy atom. The van der Waals surface area contributed by atoms with Gasteiger partial charge in [-0.05, 0) is 38.0 Å². The van der Waals surface area contributed by atoms with Crippen LogP contribution in [-0.2, 0) is 10.9 Å². The minimum Gasteiger partial charge on any atom is -0.384 e. The highest BCUT2D eigenvalue weighted by Gasteiger charge is 2.34. The number of nitrogen functional groups attached to an aromatic ring is 1. The van der Waals surface area contributed by atoms with Crippen LogP contribution in [0.1, 0.15) is 11.1 Å². The van der Waals surface area contributed by atoms with Crippen LogP contribution >= 0.6 is 12.6 Å². The number of thiol groups is 1. The molecule has 1 heterocycles. The van der Waals surface area contributed by atoms with E-state index in [2.05, 4.69) is 44.9 Å². The lowest BCUT2D eigenvalue weighted by molar-refractivity contribution is -0.137. The third-order valence-corrected chi connectivity index (χ3v) is 4.36. The van der Waals surface area contributed by atoms with E-state index >= 15 is 0 Å². The number of pyridine rings is 1. The number of anilines is 2. The summed E-state index contributed by atoms with van der Waals surface area (Å²) in [7, 11) is 1.81. The topological polar surface area (TPSA) is 96.9 Å². The molecule has 0 fully saturated rings. The highest BCUT2D eigenvalue weighted by atomic mass is 32.1. The van der Waals surface area contributed by atoms with Crippen LogP contribution in [0.25, 0.3) is 5.70 Å². The van der Waals surface area contributed by atoms with Gasteiger partial charge in [-0.15, -0.1) is 12.6 Å². The van der Waals surface area contributed by atoms with Gasteiger partial charge in [0.25, 0.3) is 0 Å². The van der Waals surface area contributed by atoms with Gasteiger partial charge in [-0.25, -0.2) is 4.98 Å². The van der Waals surface area contributed by atoms with Crippen molar-refractivity contribution >= 4 is 42.4 Å². The van der Waals surface area contributed by atoms with E-state index in [9.17, 15) is 13.2 Å². The Balaban J connectivity index is 2.39. The molecule has 32 heavy (non-hydrogen) atoms. The summed E-state index contributed by atoms with van der Waals surface area (Å²) in [6, 6.07) is 7.87. The molecule has 0 aliphatic rings. The van der Waals surface area contributed by atoms with E-state index in [1.807, 2.05) is 7.05 Å². The lowest BCUT2D eigenvalue weighted by atomic mass is 10.1. The van der Waals surface area contributed by atoms with E-state index in [0.29, 0.717) is 30.3 Å². The number of alkyl halides is 3. The van der Waals surface area contributed by atoms with Crippen molar-refractivity contribution in [2.24, 2.45) is 9.98 Å². The van der Waals surface area contributed by atoms with Gasteiger partial charge in [-0.3, -0.25) is 9.98 Å². The summed E-state index contributed by atoms with van der Waals surface area (Å²) >= 11 is 4.30.